The molecule has 0 saturated carbocycles. The first-order valence-corrected chi connectivity index (χ1v) is 7.15. The van der Waals surface area contributed by atoms with Gasteiger partial charge in [-0.25, -0.2) is 0 Å². The fourth-order valence-corrected chi connectivity index (χ4v) is 2.63. The summed E-state index contributed by atoms with van der Waals surface area (Å²) in [7, 11) is 1.52. The first-order valence-electron chi connectivity index (χ1n) is 6.23. The fourth-order valence-electron chi connectivity index (χ4n) is 1.72. The van der Waals surface area contributed by atoms with Crippen molar-refractivity contribution < 1.29 is 14.6 Å². The summed E-state index contributed by atoms with van der Waals surface area (Å²) in [5, 5.41) is 12.5. The van der Waals surface area contributed by atoms with E-state index in [0.717, 1.165) is 6.42 Å². The van der Waals surface area contributed by atoms with Gasteiger partial charge < -0.3 is 15.2 Å². The molecular formula is C14H20BrNO3. The van der Waals surface area contributed by atoms with Crippen LogP contribution in [0.5, 0.6) is 11.5 Å². The lowest BCUT2D eigenvalue weighted by Crippen LogP contribution is -2.30. The third-order valence-electron chi connectivity index (χ3n) is 2.66. The van der Waals surface area contributed by atoms with Gasteiger partial charge in [-0.15, -0.1) is 0 Å². The number of phenolic OH excluding ortho intramolecular Hbond substituents is 1. The maximum Gasteiger partial charge on any atom is 0.255 e. The number of amides is 1. The molecule has 0 spiro atoms. The topological polar surface area (TPSA) is 58.6 Å². The zero-order valence-corrected chi connectivity index (χ0v) is 13.0. The van der Waals surface area contributed by atoms with Crippen LogP contribution in [0, 0.1) is 5.92 Å². The van der Waals surface area contributed by atoms with Gasteiger partial charge in [-0.2, -0.15) is 0 Å². The van der Waals surface area contributed by atoms with E-state index in [1.165, 1.54) is 19.2 Å². The Hall–Kier alpha value is -1.23. The summed E-state index contributed by atoms with van der Waals surface area (Å²) in [5.41, 5.74) is 0.226. The van der Waals surface area contributed by atoms with Crippen LogP contribution in [0.1, 0.15) is 30.6 Å². The molecule has 0 aliphatic heterocycles. The monoisotopic (exact) mass is 329 g/mol. The number of alkyl halides is 1. The molecule has 0 heterocycles. The molecule has 1 atom stereocenters. The SMILES string of the molecule is COc1ccc(O)c(C(=O)NCC(Br)CC(C)C)c1. The number of ether oxygens (including phenoxy) is 1. The molecule has 1 unspecified atom stereocenters. The van der Waals surface area contributed by atoms with Gasteiger partial charge in [0.2, 0.25) is 0 Å². The van der Waals surface area contributed by atoms with E-state index in [4.69, 9.17) is 4.74 Å². The Morgan fingerprint density at radius 1 is 1.47 bits per heavy atom. The highest BCUT2D eigenvalue weighted by atomic mass is 79.9. The smallest absolute Gasteiger partial charge is 0.255 e. The molecule has 1 amide bonds. The van der Waals surface area contributed by atoms with Crippen molar-refractivity contribution in [1.82, 2.24) is 5.32 Å². The predicted molar refractivity (Wildman–Crippen MR) is 79.2 cm³/mol. The van der Waals surface area contributed by atoms with Gasteiger partial charge in [0.15, 0.2) is 0 Å². The van der Waals surface area contributed by atoms with E-state index in [0.29, 0.717) is 18.2 Å². The molecule has 19 heavy (non-hydrogen) atoms. The first kappa shape index (κ1) is 15.8. The third-order valence-corrected chi connectivity index (χ3v) is 3.36. The van der Waals surface area contributed by atoms with Crippen LogP contribution < -0.4 is 10.1 Å². The average molecular weight is 330 g/mol. The molecule has 1 aromatic carbocycles. The number of halogens is 1. The molecule has 1 aromatic rings. The van der Waals surface area contributed by atoms with Gasteiger partial charge in [0.05, 0.1) is 12.7 Å². The van der Waals surface area contributed by atoms with Crippen molar-refractivity contribution in [3.63, 3.8) is 0 Å². The van der Waals surface area contributed by atoms with Gasteiger partial charge in [-0.3, -0.25) is 4.79 Å². The van der Waals surface area contributed by atoms with Gasteiger partial charge >= 0.3 is 0 Å². The molecule has 0 aliphatic carbocycles. The van der Waals surface area contributed by atoms with Crippen LogP contribution in [0.3, 0.4) is 0 Å². The number of hydrogen-bond acceptors (Lipinski definition) is 3. The summed E-state index contributed by atoms with van der Waals surface area (Å²) < 4.78 is 5.04. The number of rotatable bonds is 6. The van der Waals surface area contributed by atoms with Crippen molar-refractivity contribution in [3.05, 3.63) is 23.8 Å². The van der Waals surface area contributed by atoms with Crippen molar-refractivity contribution in [2.75, 3.05) is 13.7 Å². The minimum Gasteiger partial charge on any atom is -0.507 e. The number of phenols is 1. The van der Waals surface area contributed by atoms with Gasteiger partial charge in [0.1, 0.15) is 11.5 Å². The third kappa shape index (κ3) is 5.11. The lowest BCUT2D eigenvalue weighted by atomic mass is 10.1. The van der Waals surface area contributed by atoms with Crippen LogP contribution >= 0.6 is 15.9 Å². The highest BCUT2D eigenvalue weighted by Gasteiger charge is 2.14. The number of aromatic hydroxyl groups is 1. The van der Waals surface area contributed by atoms with Crippen molar-refractivity contribution in [2.45, 2.75) is 25.1 Å². The van der Waals surface area contributed by atoms with Gasteiger partial charge in [-0.1, -0.05) is 29.8 Å². The molecule has 0 aromatic heterocycles. The highest BCUT2D eigenvalue weighted by Crippen LogP contribution is 2.22. The quantitative estimate of drug-likeness (QED) is 0.789. The fraction of sp³-hybridized carbons (Fsp3) is 0.500. The summed E-state index contributed by atoms with van der Waals surface area (Å²) in [6.45, 7) is 4.78. The van der Waals surface area contributed by atoms with Crippen molar-refractivity contribution >= 4 is 21.8 Å². The molecule has 4 nitrogen and oxygen atoms in total. The molecule has 0 fully saturated rings. The second-order valence-corrected chi connectivity index (χ2v) is 6.11. The van der Waals surface area contributed by atoms with Gasteiger partial charge in [0, 0.05) is 11.4 Å². The van der Waals surface area contributed by atoms with E-state index in [1.807, 2.05) is 0 Å². The second-order valence-electron chi connectivity index (χ2n) is 4.82. The van der Waals surface area contributed by atoms with Gasteiger partial charge in [-0.05, 0) is 30.5 Å². The van der Waals surface area contributed by atoms with Crippen molar-refractivity contribution in [2.24, 2.45) is 5.92 Å². The van der Waals surface area contributed by atoms with Crippen LogP contribution in [0.25, 0.3) is 0 Å². The highest BCUT2D eigenvalue weighted by molar-refractivity contribution is 9.09. The van der Waals surface area contributed by atoms with Crippen LogP contribution in [-0.4, -0.2) is 29.5 Å². The Balaban J connectivity index is 2.63. The first-order chi connectivity index (χ1) is 8.93. The molecule has 5 heteroatoms. The lowest BCUT2D eigenvalue weighted by Gasteiger charge is -2.14. The summed E-state index contributed by atoms with van der Waals surface area (Å²) in [6, 6.07) is 4.59. The zero-order chi connectivity index (χ0) is 14.4. The zero-order valence-electron chi connectivity index (χ0n) is 11.4. The van der Waals surface area contributed by atoms with Crippen LogP contribution in [0.4, 0.5) is 0 Å². The Kier molecular flexibility index (Phi) is 6.15. The maximum absolute atomic E-state index is 12.0. The normalized spacial score (nSPS) is 12.3. The number of methoxy groups -OCH3 is 1. The van der Waals surface area contributed by atoms with E-state index in [2.05, 4.69) is 35.1 Å². The summed E-state index contributed by atoms with van der Waals surface area (Å²) in [6.07, 6.45) is 0.977. The van der Waals surface area contributed by atoms with Crippen LogP contribution in [0.15, 0.2) is 18.2 Å². The Morgan fingerprint density at radius 3 is 2.74 bits per heavy atom. The Labute approximate surface area is 122 Å². The largest absolute Gasteiger partial charge is 0.507 e. The molecule has 2 N–H and O–H groups in total. The molecule has 1 rings (SSSR count). The van der Waals surface area contributed by atoms with Crippen LogP contribution in [0.2, 0.25) is 0 Å². The lowest BCUT2D eigenvalue weighted by molar-refractivity contribution is 0.0950. The van der Waals surface area contributed by atoms with Gasteiger partial charge in [0.25, 0.3) is 5.91 Å². The number of carbonyl (C=O) groups is 1. The molecule has 0 bridgehead atoms. The number of carbonyl (C=O) groups excluding carboxylic acids is 1. The molecule has 0 radical (unpaired) electrons. The van der Waals surface area contributed by atoms with E-state index in [9.17, 15) is 9.90 Å². The predicted octanol–water partition coefficient (Wildman–Crippen LogP) is 2.94. The standard InChI is InChI=1S/C14H20BrNO3/c1-9(2)6-10(15)8-16-14(18)12-7-11(19-3)4-5-13(12)17/h4-5,7,9-10,17H,6,8H2,1-3H3,(H,16,18). The maximum atomic E-state index is 12.0. The van der Waals surface area contributed by atoms with E-state index < -0.39 is 0 Å². The molecule has 106 valence electrons. The molecular weight excluding hydrogens is 310 g/mol. The number of hydrogen-bond donors (Lipinski definition) is 2. The Morgan fingerprint density at radius 2 is 2.16 bits per heavy atom. The van der Waals surface area contributed by atoms with Crippen molar-refractivity contribution in [1.29, 1.82) is 0 Å². The average Bonchev–Trinajstić information content (AvgIpc) is 2.35. The van der Waals surface area contributed by atoms with Crippen LogP contribution in [-0.2, 0) is 0 Å². The van der Waals surface area contributed by atoms with E-state index in [-0.39, 0.29) is 22.0 Å². The Bertz CT molecular complexity index is 435. The van der Waals surface area contributed by atoms with E-state index in [1.54, 1.807) is 6.07 Å². The number of nitrogens with one attached hydrogen (secondary N) is 1. The second kappa shape index (κ2) is 7.38. The summed E-state index contributed by atoms with van der Waals surface area (Å²) in [5.74, 6) is 0.755. The molecule has 0 saturated heterocycles. The minimum absolute atomic E-state index is 0.0479. The summed E-state index contributed by atoms with van der Waals surface area (Å²) >= 11 is 3.52. The van der Waals surface area contributed by atoms with Crippen molar-refractivity contribution in [3.8, 4) is 11.5 Å². The van der Waals surface area contributed by atoms with E-state index >= 15 is 0 Å². The molecule has 0 aliphatic rings. The minimum atomic E-state index is -0.301. The number of benzene rings is 1. The summed E-state index contributed by atoms with van der Waals surface area (Å²) in [4.78, 5) is 12.2.